The van der Waals surface area contributed by atoms with Gasteiger partial charge in [0.2, 0.25) is 22.8 Å². The summed E-state index contributed by atoms with van der Waals surface area (Å²) in [6.45, 7) is 0.463. The van der Waals surface area contributed by atoms with Crippen LogP contribution in [0, 0.1) is 53.5 Å². The zero-order valence-electron chi connectivity index (χ0n) is 25.4. The van der Waals surface area contributed by atoms with Crippen molar-refractivity contribution in [1.29, 1.82) is 0 Å². The molecule has 0 heterocycles. The van der Waals surface area contributed by atoms with E-state index in [1.807, 2.05) is 0 Å². The fraction of sp³-hybridized carbons (Fsp3) is 0.172. The number of rotatable bonds is 8. The molecule has 4 aromatic carbocycles. The zero-order chi connectivity index (χ0) is 40.5. The van der Waals surface area contributed by atoms with Crippen LogP contribution in [0.2, 0.25) is 0 Å². The Morgan fingerprint density at radius 3 is 1.23 bits per heavy atom. The standard InChI is InChI=1S/C29H14F14O8S2/c1-9-18(30)20(32)16(21(33)19(9)31)17-22(34)24(36)26(25(37)23(17)35)51-13-6-4-11(8-15(13)53(47,48)49)27(28(38,39)40,29(41,42)43)10-3-5-12(50-2)14(7-10)52(44,45)46/h3-8H,1-2H3,(H,44,45,46)(H,47,48,49). The lowest BCUT2D eigenvalue weighted by molar-refractivity contribution is -0.288. The number of halogens is 14. The number of hydrogen-bond donors (Lipinski definition) is 2. The van der Waals surface area contributed by atoms with E-state index in [2.05, 4.69) is 9.47 Å². The Labute approximate surface area is 286 Å². The summed E-state index contributed by atoms with van der Waals surface area (Å²) >= 11 is 0. The number of alkyl halides is 6. The summed E-state index contributed by atoms with van der Waals surface area (Å²) < 4.78 is 282. The van der Waals surface area contributed by atoms with Gasteiger partial charge in [-0.05, 0) is 42.3 Å². The Morgan fingerprint density at radius 1 is 0.547 bits per heavy atom. The van der Waals surface area contributed by atoms with E-state index in [1.54, 1.807) is 0 Å². The fourth-order valence-corrected chi connectivity index (χ4v) is 6.43. The summed E-state index contributed by atoms with van der Waals surface area (Å²) in [5, 5.41) is 0. The summed E-state index contributed by atoms with van der Waals surface area (Å²) in [6, 6.07) is -1.28. The Balaban J connectivity index is 2.05. The Hall–Kier alpha value is -4.68. The first kappa shape index (κ1) is 41.1. The van der Waals surface area contributed by atoms with Gasteiger partial charge in [0.05, 0.1) is 18.2 Å². The molecule has 53 heavy (non-hydrogen) atoms. The lowest BCUT2D eigenvalue weighted by Gasteiger charge is -2.38. The van der Waals surface area contributed by atoms with Gasteiger partial charge in [0, 0.05) is 5.56 Å². The van der Waals surface area contributed by atoms with Gasteiger partial charge in [0.15, 0.2) is 34.9 Å². The first-order chi connectivity index (χ1) is 24.0. The van der Waals surface area contributed by atoms with Gasteiger partial charge in [0.1, 0.15) is 21.3 Å². The van der Waals surface area contributed by atoms with E-state index >= 15 is 17.6 Å². The molecule has 0 radical (unpaired) electrons. The molecule has 24 heteroatoms. The number of ether oxygens (including phenoxy) is 2. The highest BCUT2D eigenvalue weighted by molar-refractivity contribution is 7.86. The van der Waals surface area contributed by atoms with Gasteiger partial charge in [-0.1, -0.05) is 12.1 Å². The predicted molar refractivity (Wildman–Crippen MR) is 148 cm³/mol. The second kappa shape index (κ2) is 13.3. The smallest absolute Gasteiger partial charge is 0.411 e. The van der Waals surface area contributed by atoms with Crippen molar-refractivity contribution in [3.05, 3.63) is 99.6 Å². The van der Waals surface area contributed by atoms with Crippen LogP contribution in [0.25, 0.3) is 11.1 Å². The first-order valence-corrected chi connectivity index (χ1v) is 16.2. The van der Waals surface area contributed by atoms with E-state index in [4.69, 9.17) is 0 Å². The van der Waals surface area contributed by atoms with Crippen molar-refractivity contribution in [2.45, 2.75) is 34.5 Å². The molecule has 8 nitrogen and oxygen atoms in total. The van der Waals surface area contributed by atoms with E-state index in [0.717, 1.165) is 0 Å². The van der Waals surface area contributed by atoms with Gasteiger partial charge in [-0.2, -0.15) is 52.0 Å². The van der Waals surface area contributed by atoms with Crippen LogP contribution in [-0.2, 0) is 25.7 Å². The molecule has 0 aliphatic carbocycles. The molecule has 0 fully saturated rings. The summed E-state index contributed by atoms with van der Waals surface area (Å²) in [5.41, 5.74) is -16.0. The van der Waals surface area contributed by atoms with Gasteiger partial charge in [-0.3, -0.25) is 9.11 Å². The molecule has 0 bridgehead atoms. The van der Waals surface area contributed by atoms with Crippen molar-refractivity contribution in [2.24, 2.45) is 0 Å². The third kappa shape index (κ3) is 6.60. The molecule has 288 valence electrons. The quantitative estimate of drug-likeness (QED) is 0.103. The van der Waals surface area contributed by atoms with E-state index < -0.39 is 145 Å². The molecule has 0 amide bonds. The van der Waals surface area contributed by atoms with E-state index in [1.165, 1.54) is 0 Å². The predicted octanol–water partition coefficient (Wildman–Crippen LogP) is 8.48. The van der Waals surface area contributed by atoms with E-state index in [0.29, 0.717) is 14.0 Å². The average Bonchev–Trinajstić information content (AvgIpc) is 3.04. The van der Waals surface area contributed by atoms with Crippen LogP contribution in [0.1, 0.15) is 16.7 Å². The SMILES string of the molecule is COc1ccc(C(c2ccc(Oc3c(F)c(F)c(-c4c(F)c(F)c(C)c(F)c4F)c(F)c3F)c(S(=O)(=O)O)c2)(C(F)(F)F)C(F)(F)F)cc1S(=O)(=O)O. The molecule has 0 aliphatic rings. The number of methoxy groups -OCH3 is 1. The summed E-state index contributed by atoms with van der Waals surface area (Å²) in [7, 11) is -11.1. The normalized spacial score (nSPS) is 13.0. The molecule has 0 saturated heterocycles. The fourth-order valence-electron chi connectivity index (χ4n) is 5.11. The zero-order valence-corrected chi connectivity index (χ0v) is 27.0. The monoisotopic (exact) mass is 820 g/mol. The van der Waals surface area contributed by atoms with Gasteiger partial charge >= 0.3 is 12.4 Å². The second-order valence-electron chi connectivity index (χ2n) is 10.5. The third-order valence-electron chi connectivity index (χ3n) is 7.55. The van der Waals surface area contributed by atoms with E-state index in [9.17, 15) is 69.8 Å². The minimum absolute atomic E-state index is 0.00133. The Morgan fingerprint density at radius 2 is 0.887 bits per heavy atom. The molecule has 4 rings (SSSR count). The average molecular weight is 821 g/mol. The molecular formula is C29H14F14O8S2. The maximum Gasteiger partial charge on any atom is 0.411 e. The van der Waals surface area contributed by atoms with Gasteiger partial charge in [-0.25, -0.2) is 26.3 Å². The molecule has 0 aliphatic heterocycles. The molecule has 0 spiro atoms. The van der Waals surface area contributed by atoms with Crippen LogP contribution < -0.4 is 9.47 Å². The van der Waals surface area contributed by atoms with Crippen molar-refractivity contribution in [3.8, 4) is 28.4 Å². The maximum atomic E-state index is 15.1. The molecule has 2 N–H and O–H groups in total. The molecule has 0 unspecified atom stereocenters. The van der Waals surface area contributed by atoms with Crippen LogP contribution in [-0.4, -0.2) is 45.4 Å². The van der Waals surface area contributed by atoms with Crippen LogP contribution in [0.5, 0.6) is 17.2 Å². The van der Waals surface area contributed by atoms with Crippen LogP contribution in [0.3, 0.4) is 0 Å². The van der Waals surface area contributed by atoms with E-state index in [-0.39, 0.29) is 30.3 Å². The molecule has 0 atom stereocenters. The van der Waals surface area contributed by atoms with Crippen molar-refractivity contribution < 1.29 is 96.9 Å². The largest absolute Gasteiger partial charge is 0.495 e. The molecule has 0 saturated carbocycles. The van der Waals surface area contributed by atoms with Crippen LogP contribution in [0.4, 0.5) is 61.5 Å². The highest BCUT2D eigenvalue weighted by atomic mass is 32.2. The van der Waals surface area contributed by atoms with Gasteiger partial charge in [-0.15, -0.1) is 0 Å². The van der Waals surface area contributed by atoms with Crippen LogP contribution >= 0.6 is 0 Å². The Bertz CT molecular complexity index is 2320. The van der Waals surface area contributed by atoms with Crippen molar-refractivity contribution in [3.63, 3.8) is 0 Å². The number of benzene rings is 4. The summed E-state index contributed by atoms with van der Waals surface area (Å²) in [6.07, 6.45) is -13.3. The topological polar surface area (TPSA) is 127 Å². The van der Waals surface area contributed by atoms with Gasteiger partial charge < -0.3 is 9.47 Å². The molecule has 4 aromatic rings. The lowest BCUT2D eigenvalue weighted by Crippen LogP contribution is -2.54. The van der Waals surface area contributed by atoms with Gasteiger partial charge in [0.25, 0.3) is 20.2 Å². The highest BCUT2D eigenvalue weighted by Crippen LogP contribution is 2.57. The summed E-state index contributed by atoms with van der Waals surface area (Å²) in [4.78, 5) is -3.88. The van der Waals surface area contributed by atoms with Crippen molar-refractivity contribution in [2.75, 3.05) is 7.11 Å². The van der Waals surface area contributed by atoms with Crippen molar-refractivity contribution >= 4 is 20.2 Å². The van der Waals surface area contributed by atoms with Crippen molar-refractivity contribution in [1.82, 2.24) is 0 Å². The second-order valence-corrected chi connectivity index (χ2v) is 13.3. The summed E-state index contributed by atoms with van der Waals surface area (Å²) in [5.74, 6) is -26.5. The Kier molecular flexibility index (Phi) is 10.3. The lowest BCUT2D eigenvalue weighted by atomic mass is 9.73. The maximum absolute atomic E-state index is 15.1. The minimum atomic E-state index is -6.64. The molecular weight excluding hydrogens is 806 g/mol. The van der Waals surface area contributed by atoms with Crippen LogP contribution in [0.15, 0.2) is 46.2 Å². The molecule has 0 aromatic heterocycles. The highest BCUT2D eigenvalue weighted by Gasteiger charge is 2.73. The minimum Gasteiger partial charge on any atom is -0.495 e. The third-order valence-corrected chi connectivity index (χ3v) is 9.30. The first-order valence-electron chi connectivity index (χ1n) is 13.3. The number of hydrogen-bond acceptors (Lipinski definition) is 6.